The number of anilines is 1. The second-order valence-corrected chi connectivity index (χ2v) is 9.78. The number of hydrogen-bond acceptors (Lipinski definition) is 6. The standard InChI is InChI=1S/C23H34N4O2/c1-15(2)20-13-27(8-7-26(20)9-10-28)22-18(12-24)17-11-23(3,4)29-14-19(17)21(25-22)16-5-6-16/h15-16,20,28H,5-11,13-14H2,1-4H3. The monoisotopic (exact) mass is 398 g/mol. The molecule has 3 aliphatic rings. The van der Waals surface area contributed by atoms with Gasteiger partial charge in [-0.3, -0.25) is 4.90 Å². The quantitative estimate of drug-likeness (QED) is 0.822. The average molecular weight is 399 g/mol. The molecule has 1 unspecified atom stereocenters. The van der Waals surface area contributed by atoms with E-state index in [9.17, 15) is 10.4 Å². The van der Waals surface area contributed by atoms with Crippen LogP contribution < -0.4 is 4.90 Å². The summed E-state index contributed by atoms with van der Waals surface area (Å²) in [5.41, 5.74) is 4.00. The summed E-state index contributed by atoms with van der Waals surface area (Å²) < 4.78 is 6.09. The first-order valence-corrected chi connectivity index (χ1v) is 11.0. The fraction of sp³-hybridized carbons (Fsp3) is 0.739. The summed E-state index contributed by atoms with van der Waals surface area (Å²) in [6.45, 7) is 12.7. The Morgan fingerprint density at radius 1 is 1.28 bits per heavy atom. The molecule has 1 saturated carbocycles. The van der Waals surface area contributed by atoms with Crippen LogP contribution in [-0.4, -0.2) is 59.4 Å². The smallest absolute Gasteiger partial charge is 0.147 e. The normalized spacial score (nSPS) is 24.4. The third-order valence-corrected chi connectivity index (χ3v) is 6.70. The van der Waals surface area contributed by atoms with E-state index in [2.05, 4.69) is 43.6 Å². The number of aromatic nitrogens is 1. The van der Waals surface area contributed by atoms with Crippen molar-refractivity contribution < 1.29 is 9.84 Å². The van der Waals surface area contributed by atoms with E-state index in [1.54, 1.807) is 0 Å². The van der Waals surface area contributed by atoms with Crippen molar-refractivity contribution in [3.63, 3.8) is 0 Å². The lowest BCUT2D eigenvalue weighted by molar-refractivity contribution is -0.0407. The van der Waals surface area contributed by atoms with Crippen molar-refractivity contribution in [2.45, 2.75) is 71.1 Å². The predicted molar refractivity (Wildman–Crippen MR) is 113 cm³/mol. The van der Waals surface area contributed by atoms with Gasteiger partial charge in [-0.15, -0.1) is 0 Å². The Morgan fingerprint density at radius 2 is 2.03 bits per heavy atom. The zero-order valence-corrected chi connectivity index (χ0v) is 18.2. The van der Waals surface area contributed by atoms with Gasteiger partial charge < -0.3 is 14.7 Å². The van der Waals surface area contributed by atoms with Gasteiger partial charge in [-0.1, -0.05) is 13.8 Å². The SMILES string of the molecule is CC(C)C1CN(c2nc(C3CC3)c3c(c2C#N)CC(C)(C)OC3)CCN1CCO. The molecule has 0 bridgehead atoms. The molecule has 6 heteroatoms. The second-order valence-electron chi connectivity index (χ2n) is 9.78. The Labute approximate surface area is 174 Å². The number of β-amino-alcohol motifs (C(OH)–C–C–N with tert-alkyl or cyclic N) is 1. The molecule has 1 aromatic rings. The minimum atomic E-state index is -0.252. The van der Waals surface area contributed by atoms with Crippen molar-refractivity contribution >= 4 is 5.82 Å². The topological polar surface area (TPSA) is 72.6 Å². The van der Waals surface area contributed by atoms with Crippen molar-refractivity contribution in [1.82, 2.24) is 9.88 Å². The molecule has 158 valence electrons. The second kappa shape index (κ2) is 7.86. The maximum Gasteiger partial charge on any atom is 0.147 e. The van der Waals surface area contributed by atoms with Gasteiger partial charge in [0.25, 0.3) is 0 Å². The molecule has 0 radical (unpaired) electrons. The molecule has 1 saturated heterocycles. The van der Waals surface area contributed by atoms with Crippen molar-refractivity contribution in [2.75, 3.05) is 37.7 Å². The lowest BCUT2D eigenvalue weighted by Crippen LogP contribution is -2.56. The summed E-state index contributed by atoms with van der Waals surface area (Å²) in [4.78, 5) is 9.82. The Hall–Kier alpha value is -1.68. The number of piperazine rings is 1. The number of nitrogens with zero attached hydrogens (tertiary/aromatic N) is 4. The highest BCUT2D eigenvalue weighted by Gasteiger charge is 2.38. The number of nitriles is 1. The van der Waals surface area contributed by atoms with Crippen molar-refractivity contribution in [1.29, 1.82) is 5.26 Å². The molecule has 6 nitrogen and oxygen atoms in total. The minimum absolute atomic E-state index is 0.185. The van der Waals surface area contributed by atoms with Gasteiger partial charge in [0.2, 0.25) is 0 Å². The number of pyridine rings is 1. The molecule has 1 aromatic heterocycles. The van der Waals surface area contributed by atoms with E-state index in [0.717, 1.165) is 43.0 Å². The molecular weight excluding hydrogens is 364 g/mol. The maximum atomic E-state index is 10.1. The molecule has 0 aromatic carbocycles. The van der Waals surface area contributed by atoms with E-state index < -0.39 is 0 Å². The van der Waals surface area contributed by atoms with Gasteiger partial charge in [-0.05, 0) is 38.2 Å². The molecule has 1 N–H and O–H groups in total. The zero-order chi connectivity index (χ0) is 20.8. The van der Waals surface area contributed by atoms with E-state index in [1.165, 1.54) is 24.1 Å². The van der Waals surface area contributed by atoms with Crippen LogP contribution in [0, 0.1) is 17.2 Å². The molecule has 3 heterocycles. The van der Waals surface area contributed by atoms with Crippen LogP contribution in [0.5, 0.6) is 0 Å². The van der Waals surface area contributed by atoms with Crippen LogP contribution in [0.4, 0.5) is 5.82 Å². The van der Waals surface area contributed by atoms with E-state index in [4.69, 9.17) is 9.72 Å². The van der Waals surface area contributed by atoms with E-state index in [1.807, 2.05) is 0 Å². The average Bonchev–Trinajstić information content (AvgIpc) is 3.51. The van der Waals surface area contributed by atoms with Crippen LogP contribution in [-0.2, 0) is 17.8 Å². The van der Waals surface area contributed by atoms with Crippen molar-refractivity contribution in [3.8, 4) is 6.07 Å². The zero-order valence-electron chi connectivity index (χ0n) is 18.2. The Balaban J connectivity index is 1.74. The predicted octanol–water partition coefficient (Wildman–Crippen LogP) is 2.82. The molecule has 2 aliphatic heterocycles. The van der Waals surface area contributed by atoms with Gasteiger partial charge in [-0.25, -0.2) is 4.98 Å². The number of hydrogen-bond donors (Lipinski definition) is 1. The van der Waals surface area contributed by atoms with E-state index in [0.29, 0.717) is 31.0 Å². The summed E-state index contributed by atoms with van der Waals surface area (Å²) in [5, 5.41) is 19.6. The van der Waals surface area contributed by atoms with Crippen molar-refractivity contribution in [2.24, 2.45) is 5.92 Å². The summed E-state index contributed by atoms with van der Waals surface area (Å²) in [6, 6.07) is 2.86. The fourth-order valence-corrected chi connectivity index (χ4v) is 4.90. The first-order chi connectivity index (χ1) is 13.8. The lowest BCUT2D eigenvalue weighted by Gasteiger charge is -2.44. The van der Waals surface area contributed by atoms with Crippen LogP contribution in [0.15, 0.2) is 0 Å². The maximum absolute atomic E-state index is 10.1. The summed E-state index contributed by atoms with van der Waals surface area (Å²) in [6.07, 6.45) is 3.14. The van der Waals surface area contributed by atoms with Gasteiger partial charge in [0, 0.05) is 50.1 Å². The number of ether oxygens (including phenoxy) is 1. The molecule has 29 heavy (non-hydrogen) atoms. The number of fused-ring (bicyclic) bond motifs is 1. The molecular formula is C23H34N4O2. The van der Waals surface area contributed by atoms with Gasteiger partial charge in [-0.2, -0.15) is 5.26 Å². The molecule has 4 rings (SSSR count). The fourth-order valence-electron chi connectivity index (χ4n) is 4.90. The Kier molecular flexibility index (Phi) is 5.58. The van der Waals surface area contributed by atoms with E-state index in [-0.39, 0.29) is 12.2 Å². The first-order valence-electron chi connectivity index (χ1n) is 11.0. The third-order valence-electron chi connectivity index (χ3n) is 6.70. The van der Waals surface area contributed by atoms with Crippen LogP contribution >= 0.6 is 0 Å². The lowest BCUT2D eigenvalue weighted by atomic mass is 9.87. The largest absolute Gasteiger partial charge is 0.395 e. The molecule has 0 amide bonds. The van der Waals surface area contributed by atoms with Gasteiger partial charge in [0.15, 0.2) is 0 Å². The number of aliphatic hydroxyl groups is 1. The highest BCUT2D eigenvalue weighted by molar-refractivity contribution is 5.62. The third kappa shape index (κ3) is 4.01. The van der Waals surface area contributed by atoms with Gasteiger partial charge in [0.1, 0.15) is 11.9 Å². The molecule has 0 spiro atoms. The van der Waals surface area contributed by atoms with Gasteiger partial charge >= 0.3 is 0 Å². The van der Waals surface area contributed by atoms with Crippen LogP contribution in [0.25, 0.3) is 0 Å². The minimum Gasteiger partial charge on any atom is -0.395 e. The van der Waals surface area contributed by atoms with Crippen molar-refractivity contribution in [3.05, 3.63) is 22.4 Å². The van der Waals surface area contributed by atoms with E-state index >= 15 is 0 Å². The molecule has 1 atom stereocenters. The van der Waals surface area contributed by atoms with Crippen LogP contribution in [0.2, 0.25) is 0 Å². The number of aliphatic hydroxyl groups excluding tert-OH is 1. The molecule has 2 fully saturated rings. The highest BCUT2D eigenvalue weighted by atomic mass is 16.5. The van der Waals surface area contributed by atoms with Gasteiger partial charge in [0.05, 0.1) is 30.1 Å². The Bertz CT molecular complexity index is 810. The highest BCUT2D eigenvalue weighted by Crippen LogP contribution is 2.45. The Morgan fingerprint density at radius 3 is 2.66 bits per heavy atom. The summed E-state index contributed by atoms with van der Waals surface area (Å²) in [5.74, 6) is 1.87. The first kappa shape index (κ1) is 20.6. The number of rotatable bonds is 5. The summed E-state index contributed by atoms with van der Waals surface area (Å²) in [7, 11) is 0. The van der Waals surface area contributed by atoms with Crippen LogP contribution in [0.3, 0.4) is 0 Å². The molecule has 1 aliphatic carbocycles. The van der Waals surface area contributed by atoms with Crippen LogP contribution in [0.1, 0.15) is 68.8 Å². The summed E-state index contributed by atoms with van der Waals surface area (Å²) >= 11 is 0.